The van der Waals surface area contributed by atoms with Crippen LogP contribution in [-0.4, -0.2) is 122 Å². The van der Waals surface area contributed by atoms with E-state index >= 15 is 0 Å². The number of H-pyrrole nitrogens is 1. The molecule has 13 nitrogen and oxygen atoms in total. The number of aromatic amines is 1. The number of para-hydroxylation sites is 4. The maximum absolute atomic E-state index is 12.5. The summed E-state index contributed by atoms with van der Waals surface area (Å²) >= 11 is 0. The zero-order chi connectivity index (χ0) is 40.5. The number of piperidine rings is 2. The number of benzene rings is 2. The van der Waals surface area contributed by atoms with E-state index in [1.807, 2.05) is 104 Å². The molecule has 13 heteroatoms. The van der Waals surface area contributed by atoms with Gasteiger partial charge in [-0.25, -0.2) is 14.4 Å². The number of hydrogen-bond donors (Lipinski definition) is 3. The zero-order valence-corrected chi connectivity index (χ0v) is 35.0. The van der Waals surface area contributed by atoms with Crippen LogP contribution in [0.3, 0.4) is 0 Å². The summed E-state index contributed by atoms with van der Waals surface area (Å²) in [6.45, 7) is 22.8. The largest absolute Gasteiger partial charge is 0.444 e. The smallest absolute Gasteiger partial charge is 0.410 e. The Morgan fingerprint density at radius 3 is 1.73 bits per heavy atom. The Morgan fingerprint density at radius 2 is 1.21 bits per heavy atom. The molecule has 0 spiro atoms. The molecule has 1 aromatic heterocycles. The van der Waals surface area contributed by atoms with Gasteiger partial charge in [0.2, 0.25) is 0 Å². The maximum atomic E-state index is 12.5. The third-order valence-electron chi connectivity index (χ3n) is 12.0. The van der Waals surface area contributed by atoms with Gasteiger partial charge in [0, 0.05) is 75.5 Å². The van der Waals surface area contributed by atoms with Gasteiger partial charge in [-0.3, -0.25) is 14.4 Å². The summed E-state index contributed by atoms with van der Waals surface area (Å²) in [7, 11) is 0. The van der Waals surface area contributed by atoms with Gasteiger partial charge in [0.05, 0.1) is 22.4 Å². The number of nitrogens with zero attached hydrogens (tertiary/aromatic N) is 5. The summed E-state index contributed by atoms with van der Waals surface area (Å²) < 4.78 is 13.0. The van der Waals surface area contributed by atoms with E-state index in [2.05, 4.69) is 33.9 Å². The van der Waals surface area contributed by atoms with Crippen LogP contribution in [0.1, 0.15) is 100.0 Å². The topological polar surface area (TPSA) is 141 Å². The van der Waals surface area contributed by atoms with Crippen LogP contribution in [0.2, 0.25) is 0 Å². The molecule has 2 atom stereocenters. The van der Waals surface area contributed by atoms with Crippen LogP contribution in [0.4, 0.5) is 21.0 Å². The molecule has 4 N–H and O–H groups in total. The van der Waals surface area contributed by atoms with Crippen molar-refractivity contribution >= 4 is 34.6 Å². The summed E-state index contributed by atoms with van der Waals surface area (Å²) in [4.78, 5) is 49.0. The van der Waals surface area contributed by atoms with E-state index < -0.39 is 11.2 Å². The van der Waals surface area contributed by atoms with Crippen LogP contribution >= 0.6 is 0 Å². The summed E-state index contributed by atoms with van der Waals surface area (Å²) in [6, 6.07) is 16.5. The Balaban J connectivity index is 0.000000190. The number of fused-ring (bicyclic) bond motifs is 1. The molecule has 4 aliphatic rings. The number of rotatable bonds is 5. The summed E-state index contributed by atoms with van der Waals surface area (Å²) in [5.41, 5.74) is 8.83. The van der Waals surface area contributed by atoms with Gasteiger partial charge in [-0.05, 0) is 118 Å². The van der Waals surface area contributed by atoms with Gasteiger partial charge in [-0.1, -0.05) is 24.3 Å². The minimum atomic E-state index is -0.471. The molecule has 0 aliphatic carbocycles. The van der Waals surface area contributed by atoms with Crippen LogP contribution in [0, 0.1) is 0 Å². The minimum absolute atomic E-state index is 0.0205. The van der Waals surface area contributed by atoms with E-state index in [1.165, 1.54) is 0 Å². The first-order chi connectivity index (χ1) is 26.3. The molecule has 56 heavy (non-hydrogen) atoms. The number of carbonyl (C=O) groups excluding carboxylic acids is 2. The van der Waals surface area contributed by atoms with E-state index in [1.54, 1.807) is 0 Å². The van der Waals surface area contributed by atoms with Crippen molar-refractivity contribution in [1.29, 1.82) is 0 Å². The highest BCUT2D eigenvalue weighted by molar-refractivity contribution is 5.75. The van der Waals surface area contributed by atoms with Gasteiger partial charge in [0.1, 0.15) is 11.2 Å². The van der Waals surface area contributed by atoms with E-state index in [0.29, 0.717) is 12.6 Å². The van der Waals surface area contributed by atoms with Crippen molar-refractivity contribution in [2.75, 3.05) is 63.4 Å². The first kappa shape index (κ1) is 41.4. The lowest BCUT2D eigenvalue weighted by molar-refractivity contribution is 0.0217. The van der Waals surface area contributed by atoms with Gasteiger partial charge >= 0.3 is 17.9 Å². The molecule has 4 aliphatic heterocycles. The fraction of sp³-hybridized carbons (Fsp3) is 0.651. The van der Waals surface area contributed by atoms with Gasteiger partial charge in [0.15, 0.2) is 0 Å². The van der Waals surface area contributed by atoms with Gasteiger partial charge in [-0.15, -0.1) is 0 Å². The Bertz CT molecular complexity index is 1880. The van der Waals surface area contributed by atoms with E-state index in [9.17, 15) is 14.4 Å². The molecule has 308 valence electrons. The standard InChI is InChI=1S/C22H32N4O3.C21H34N4O2/c1-21(2,3)29-20(28)24-14-11-22(4,15-24)25-12-9-16(10-13-25)26-18-8-6-5-7-17(18)23-19(26)27;1-20(2,3)27-19(26)24-14-11-21(4,15-24)25-12-9-16(10-13-25)23-18-8-6-5-7-17(18)22/h5-8,16H,9-15H2,1-4H3,(H,23,27);5-8,16,23H,9-15,22H2,1-4H3. The van der Waals surface area contributed by atoms with Crippen molar-refractivity contribution in [3.05, 3.63) is 59.0 Å². The molecular weight excluding hydrogens is 709 g/mol. The van der Waals surface area contributed by atoms with E-state index in [-0.39, 0.29) is 35.0 Å². The zero-order valence-electron chi connectivity index (χ0n) is 35.0. The second kappa shape index (κ2) is 16.3. The summed E-state index contributed by atoms with van der Waals surface area (Å²) in [5.74, 6) is 0. The van der Waals surface area contributed by atoms with Crippen LogP contribution in [-0.2, 0) is 9.47 Å². The summed E-state index contributed by atoms with van der Waals surface area (Å²) in [5, 5.41) is 3.59. The van der Waals surface area contributed by atoms with Crippen molar-refractivity contribution < 1.29 is 19.1 Å². The molecule has 0 radical (unpaired) electrons. The molecule has 2 aromatic carbocycles. The van der Waals surface area contributed by atoms with E-state index in [4.69, 9.17) is 15.2 Å². The van der Waals surface area contributed by atoms with Crippen LogP contribution in [0.15, 0.2) is 53.3 Å². The Morgan fingerprint density at radius 1 is 0.732 bits per heavy atom. The predicted molar refractivity (Wildman–Crippen MR) is 223 cm³/mol. The number of nitrogens with two attached hydrogens (primary N) is 1. The number of likely N-dealkylation sites (tertiary alicyclic amines) is 4. The number of anilines is 2. The molecule has 4 fully saturated rings. The normalized spacial score (nSPS) is 24.6. The molecule has 0 bridgehead atoms. The predicted octanol–water partition coefficient (Wildman–Crippen LogP) is 6.91. The Hall–Kier alpha value is -4.23. The van der Waals surface area contributed by atoms with Crippen molar-refractivity contribution in [2.45, 2.75) is 128 Å². The lowest BCUT2D eigenvalue weighted by atomic mass is 9.94. The molecular formula is C43H66N8O5. The summed E-state index contributed by atoms with van der Waals surface area (Å²) in [6.07, 6.45) is 5.56. The molecule has 7 rings (SSSR count). The average molecular weight is 775 g/mol. The number of amides is 2. The third-order valence-corrected chi connectivity index (χ3v) is 12.0. The van der Waals surface area contributed by atoms with Gasteiger partial charge in [0.25, 0.3) is 0 Å². The first-order valence-corrected chi connectivity index (χ1v) is 20.6. The highest BCUT2D eigenvalue weighted by Gasteiger charge is 2.44. The lowest BCUT2D eigenvalue weighted by Gasteiger charge is -2.43. The molecule has 3 aromatic rings. The number of nitrogens with one attached hydrogen (secondary N) is 2. The fourth-order valence-corrected chi connectivity index (χ4v) is 8.88. The van der Waals surface area contributed by atoms with Gasteiger partial charge < -0.3 is 35.3 Å². The second-order valence-electron chi connectivity index (χ2n) is 18.8. The molecule has 2 amide bonds. The highest BCUT2D eigenvalue weighted by Crippen LogP contribution is 2.35. The molecule has 2 unspecified atom stereocenters. The maximum Gasteiger partial charge on any atom is 0.410 e. The van der Waals surface area contributed by atoms with Crippen LogP contribution in [0.5, 0.6) is 0 Å². The lowest BCUT2D eigenvalue weighted by Crippen LogP contribution is -2.53. The molecule has 0 saturated carbocycles. The monoisotopic (exact) mass is 775 g/mol. The highest BCUT2D eigenvalue weighted by atomic mass is 16.6. The van der Waals surface area contributed by atoms with Crippen LogP contribution < -0.4 is 16.7 Å². The molecule has 4 saturated heterocycles. The molecule has 5 heterocycles. The number of ether oxygens (including phenoxy) is 2. The second-order valence-corrected chi connectivity index (χ2v) is 18.8. The van der Waals surface area contributed by atoms with Crippen molar-refractivity contribution in [1.82, 2.24) is 29.2 Å². The minimum Gasteiger partial charge on any atom is -0.444 e. The quantitative estimate of drug-likeness (QED) is 0.236. The van der Waals surface area contributed by atoms with Crippen molar-refractivity contribution in [2.24, 2.45) is 0 Å². The number of carbonyl (C=O) groups is 2. The number of nitrogen functional groups attached to an aromatic ring is 1. The Kier molecular flexibility index (Phi) is 12.1. The van der Waals surface area contributed by atoms with Crippen molar-refractivity contribution in [3.63, 3.8) is 0 Å². The van der Waals surface area contributed by atoms with Gasteiger partial charge in [-0.2, -0.15) is 0 Å². The van der Waals surface area contributed by atoms with Crippen molar-refractivity contribution in [3.8, 4) is 0 Å². The van der Waals surface area contributed by atoms with Crippen LogP contribution in [0.25, 0.3) is 11.0 Å². The first-order valence-electron chi connectivity index (χ1n) is 20.6. The van der Waals surface area contributed by atoms with E-state index in [0.717, 1.165) is 107 Å². The Labute approximate surface area is 332 Å². The number of hydrogen-bond acceptors (Lipinski definition) is 9. The number of aromatic nitrogens is 2. The fourth-order valence-electron chi connectivity index (χ4n) is 8.88. The average Bonchev–Trinajstić information content (AvgIpc) is 3.84. The number of imidazole rings is 1. The third kappa shape index (κ3) is 9.82. The SMILES string of the molecule is CC(C)(C)OC(=O)N1CCC(C)(N2CCC(Nc3ccccc3N)CC2)C1.CC(C)(C)OC(=O)N1CCC(C)(N2CCC(n3c(=O)[nH]c4ccccc43)CC2)C1.